The molecule has 0 radical (unpaired) electrons. The third kappa shape index (κ3) is 3.59. The normalized spacial score (nSPS) is 23.6. The molecule has 120 valence electrons. The fourth-order valence-electron chi connectivity index (χ4n) is 3.25. The van der Waals surface area contributed by atoms with E-state index in [2.05, 4.69) is 5.32 Å². The van der Waals surface area contributed by atoms with Crippen molar-refractivity contribution in [1.82, 2.24) is 10.2 Å². The van der Waals surface area contributed by atoms with Crippen LogP contribution in [0, 0.1) is 5.92 Å². The lowest BCUT2D eigenvalue weighted by Gasteiger charge is -2.38. The minimum atomic E-state index is 0.0843. The number of nitrogens with one attached hydrogen (secondary N) is 1. The van der Waals surface area contributed by atoms with Gasteiger partial charge in [0.25, 0.3) is 0 Å². The van der Waals surface area contributed by atoms with Gasteiger partial charge in [0.2, 0.25) is 5.91 Å². The van der Waals surface area contributed by atoms with Crippen molar-refractivity contribution in [2.45, 2.75) is 25.5 Å². The van der Waals surface area contributed by atoms with E-state index in [0.717, 1.165) is 37.2 Å². The molecule has 1 aromatic carbocycles. The first-order valence-electron chi connectivity index (χ1n) is 7.99. The summed E-state index contributed by atoms with van der Waals surface area (Å²) < 4.78 is 11.0. The van der Waals surface area contributed by atoms with Gasteiger partial charge in [-0.3, -0.25) is 4.79 Å². The van der Waals surface area contributed by atoms with Gasteiger partial charge < -0.3 is 19.7 Å². The van der Waals surface area contributed by atoms with Crippen LogP contribution in [0.4, 0.5) is 0 Å². The van der Waals surface area contributed by atoms with Gasteiger partial charge in [-0.15, -0.1) is 0 Å². The van der Waals surface area contributed by atoms with Gasteiger partial charge in [-0.25, -0.2) is 0 Å². The van der Waals surface area contributed by atoms with E-state index in [1.165, 1.54) is 0 Å². The lowest BCUT2D eigenvalue weighted by molar-refractivity contribution is -0.153. The monoisotopic (exact) mass is 304 g/mol. The third-order valence-corrected chi connectivity index (χ3v) is 4.62. The van der Waals surface area contributed by atoms with Crippen LogP contribution in [0.3, 0.4) is 0 Å². The van der Waals surface area contributed by atoms with Crippen LogP contribution in [-0.4, -0.2) is 50.3 Å². The molecule has 2 fully saturated rings. The molecule has 5 nitrogen and oxygen atoms in total. The van der Waals surface area contributed by atoms with E-state index in [-0.39, 0.29) is 18.6 Å². The number of hydrogen-bond acceptors (Lipinski definition) is 4. The van der Waals surface area contributed by atoms with E-state index < -0.39 is 0 Å². The molecule has 0 saturated carbocycles. The van der Waals surface area contributed by atoms with Crippen molar-refractivity contribution < 1.29 is 14.3 Å². The maximum Gasteiger partial charge on any atom is 0.248 e. The predicted molar refractivity (Wildman–Crippen MR) is 83.7 cm³/mol. The number of carbonyl (C=O) groups excluding carboxylic acids is 1. The number of nitrogens with zero attached hydrogens (tertiary/aromatic N) is 1. The fourth-order valence-corrected chi connectivity index (χ4v) is 3.25. The Labute approximate surface area is 131 Å². The Bertz CT molecular complexity index is 497. The molecule has 5 heteroatoms. The predicted octanol–water partition coefficient (Wildman–Crippen LogP) is 1.42. The van der Waals surface area contributed by atoms with Crippen molar-refractivity contribution in [3.8, 4) is 5.75 Å². The fraction of sp³-hybridized carbons (Fsp3) is 0.588. The maximum atomic E-state index is 12.1. The number of rotatable bonds is 4. The summed E-state index contributed by atoms with van der Waals surface area (Å²) >= 11 is 0. The number of amides is 1. The zero-order chi connectivity index (χ0) is 15.4. The van der Waals surface area contributed by atoms with Crippen LogP contribution in [0.5, 0.6) is 5.75 Å². The highest BCUT2D eigenvalue weighted by molar-refractivity contribution is 5.78. The molecule has 1 atom stereocenters. The topological polar surface area (TPSA) is 50.8 Å². The zero-order valence-corrected chi connectivity index (χ0v) is 13.1. The standard InChI is InChI=1S/C17H24N2O3/c1-21-15-4-2-13(3-5-15)10-19-11-16(22-12-17(19)20)14-6-8-18-9-7-14/h2-5,14,16,18H,6-12H2,1H3. The lowest BCUT2D eigenvalue weighted by atomic mass is 9.91. The van der Waals surface area contributed by atoms with Gasteiger partial charge in [-0.1, -0.05) is 12.1 Å². The van der Waals surface area contributed by atoms with Gasteiger partial charge in [0.1, 0.15) is 12.4 Å². The molecule has 2 aliphatic heterocycles. The second-order valence-corrected chi connectivity index (χ2v) is 6.06. The van der Waals surface area contributed by atoms with Gasteiger partial charge in [0, 0.05) is 13.1 Å². The van der Waals surface area contributed by atoms with Crippen LogP contribution < -0.4 is 10.1 Å². The van der Waals surface area contributed by atoms with Crippen molar-refractivity contribution in [2.24, 2.45) is 5.92 Å². The summed E-state index contributed by atoms with van der Waals surface area (Å²) in [6.45, 7) is 3.67. The highest BCUT2D eigenvalue weighted by Gasteiger charge is 2.32. The van der Waals surface area contributed by atoms with Crippen LogP contribution in [0.15, 0.2) is 24.3 Å². The molecule has 3 rings (SSSR count). The largest absolute Gasteiger partial charge is 0.497 e. The number of hydrogen-bond donors (Lipinski definition) is 1. The molecule has 2 heterocycles. The Morgan fingerprint density at radius 1 is 1.27 bits per heavy atom. The van der Waals surface area contributed by atoms with Crippen LogP contribution in [0.25, 0.3) is 0 Å². The Kier molecular flexibility index (Phi) is 4.95. The number of methoxy groups -OCH3 is 1. The quantitative estimate of drug-likeness (QED) is 0.914. The van der Waals surface area contributed by atoms with Gasteiger partial charge in [-0.2, -0.15) is 0 Å². The Hall–Kier alpha value is -1.59. The van der Waals surface area contributed by atoms with E-state index in [0.29, 0.717) is 19.0 Å². The summed E-state index contributed by atoms with van der Waals surface area (Å²) in [5, 5.41) is 3.38. The van der Waals surface area contributed by atoms with Gasteiger partial charge in [0.05, 0.1) is 13.2 Å². The van der Waals surface area contributed by atoms with Crippen LogP contribution in [-0.2, 0) is 16.1 Å². The van der Waals surface area contributed by atoms with E-state index in [1.807, 2.05) is 29.2 Å². The molecule has 1 N–H and O–H groups in total. The van der Waals surface area contributed by atoms with Gasteiger partial charge in [-0.05, 0) is 49.5 Å². The summed E-state index contributed by atoms with van der Waals surface area (Å²) in [4.78, 5) is 14.0. The highest BCUT2D eigenvalue weighted by Crippen LogP contribution is 2.24. The second-order valence-electron chi connectivity index (χ2n) is 6.06. The number of morpholine rings is 1. The summed E-state index contributed by atoms with van der Waals surface area (Å²) in [5.41, 5.74) is 1.13. The molecule has 0 aromatic heterocycles. The average molecular weight is 304 g/mol. The SMILES string of the molecule is COc1ccc(CN2CC(C3CCNCC3)OCC2=O)cc1. The molecule has 2 aliphatic rings. The smallest absolute Gasteiger partial charge is 0.248 e. The molecule has 22 heavy (non-hydrogen) atoms. The highest BCUT2D eigenvalue weighted by atomic mass is 16.5. The number of piperidine rings is 1. The number of benzene rings is 1. The molecule has 1 unspecified atom stereocenters. The van der Waals surface area contributed by atoms with Crippen molar-refractivity contribution in [3.05, 3.63) is 29.8 Å². The molecule has 1 aromatic rings. The zero-order valence-electron chi connectivity index (χ0n) is 13.1. The van der Waals surface area contributed by atoms with E-state index in [4.69, 9.17) is 9.47 Å². The summed E-state index contributed by atoms with van der Waals surface area (Å²) in [7, 11) is 1.66. The summed E-state index contributed by atoms with van der Waals surface area (Å²) in [6.07, 6.45) is 2.45. The molecule has 2 saturated heterocycles. The molecule has 0 spiro atoms. The van der Waals surface area contributed by atoms with Gasteiger partial charge in [0.15, 0.2) is 0 Å². The maximum absolute atomic E-state index is 12.1. The molecular weight excluding hydrogens is 280 g/mol. The second kappa shape index (κ2) is 7.11. The van der Waals surface area contributed by atoms with Crippen LogP contribution >= 0.6 is 0 Å². The van der Waals surface area contributed by atoms with E-state index in [1.54, 1.807) is 7.11 Å². The van der Waals surface area contributed by atoms with Crippen molar-refractivity contribution in [1.29, 1.82) is 0 Å². The minimum absolute atomic E-state index is 0.0843. The summed E-state index contributed by atoms with van der Waals surface area (Å²) in [6, 6.07) is 7.90. The first-order chi connectivity index (χ1) is 10.8. The molecule has 1 amide bonds. The molecule has 0 aliphatic carbocycles. The van der Waals surface area contributed by atoms with Crippen LogP contribution in [0.1, 0.15) is 18.4 Å². The van der Waals surface area contributed by atoms with E-state index in [9.17, 15) is 4.79 Å². The number of ether oxygens (including phenoxy) is 2. The average Bonchev–Trinajstić information content (AvgIpc) is 2.58. The Morgan fingerprint density at radius 3 is 2.68 bits per heavy atom. The first kappa shape index (κ1) is 15.3. The third-order valence-electron chi connectivity index (χ3n) is 4.62. The molecular formula is C17H24N2O3. The van der Waals surface area contributed by atoms with Crippen molar-refractivity contribution in [3.63, 3.8) is 0 Å². The van der Waals surface area contributed by atoms with Gasteiger partial charge >= 0.3 is 0 Å². The molecule has 0 bridgehead atoms. The van der Waals surface area contributed by atoms with Crippen molar-refractivity contribution in [2.75, 3.05) is 33.4 Å². The minimum Gasteiger partial charge on any atom is -0.497 e. The first-order valence-corrected chi connectivity index (χ1v) is 7.99. The Morgan fingerprint density at radius 2 is 2.00 bits per heavy atom. The van der Waals surface area contributed by atoms with E-state index >= 15 is 0 Å². The lowest BCUT2D eigenvalue weighted by Crippen LogP contribution is -2.50. The van der Waals surface area contributed by atoms with Crippen molar-refractivity contribution >= 4 is 5.91 Å². The summed E-state index contributed by atoms with van der Waals surface area (Å²) in [5.74, 6) is 1.48. The number of carbonyl (C=O) groups is 1. The Balaban J connectivity index is 1.61. The van der Waals surface area contributed by atoms with Crippen LogP contribution in [0.2, 0.25) is 0 Å².